The molecule has 0 radical (unpaired) electrons. The molecule has 6 N–H and O–H groups in total. The van der Waals surface area contributed by atoms with Crippen molar-refractivity contribution in [1.29, 1.82) is 0 Å². The molecule has 1 unspecified atom stereocenters. The standard InChI is InChI=1S/C16H19O8P/c1-10(11-2-4-12(17)5-3-11)9-16(19,20)14-7-6-13(18)8-15(14)24-25(21,22)23/h2-8,10,17-20H,9H2,1H3,(H2,21,22,23). The van der Waals surface area contributed by atoms with Crippen molar-refractivity contribution in [2.45, 2.75) is 25.0 Å². The number of phenolic OH excluding ortho intramolecular Hbond substituents is 2. The Hall–Kier alpha value is -2.09. The number of phenols is 2. The minimum atomic E-state index is -4.96. The highest BCUT2D eigenvalue weighted by Gasteiger charge is 2.34. The Bertz CT molecular complexity index is 781. The van der Waals surface area contributed by atoms with Crippen molar-refractivity contribution in [3.05, 3.63) is 53.6 Å². The molecule has 0 spiro atoms. The third-order valence-corrected chi connectivity index (χ3v) is 4.10. The second-order valence-corrected chi connectivity index (χ2v) is 6.94. The van der Waals surface area contributed by atoms with Crippen LogP contribution in [-0.2, 0) is 10.4 Å². The average Bonchev–Trinajstić information content (AvgIpc) is 2.45. The number of hydrogen-bond donors (Lipinski definition) is 6. The summed E-state index contributed by atoms with van der Waals surface area (Å²) in [5, 5.41) is 39.6. The Balaban J connectivity index is 2.32. The van der Waals surface area contributed by atoms with E-state index in [4.69, 9.17) is 9.79 Å². The van der Waals surface area contributed by atoms with Gasteiger partial charge in [-0.25, -0.2) is 4.57 Å². The Morgan fingerprint density at radius 3 is 2.16 bits per heavy atom. The summed E-state index contributed by atoms with van der Waals surface area (Å²) >= 11 is 0. The largest absolute Gasteiger partial charge is 0.524 e. The Kier molecular flexibility index (Phi) is 5.41. The first kappa shape index (κ1) is 19.2. The maximum absolute atomic E-state index is 11.1. The van der Waals surface area contributed by atoms with Crippen LogP contribution in [0.2, 0.25) is 0 Å². The van der Waals surface area contributed by atoms with E-state index >= 15 is 0 Å². The molecule has 0 aliphatic carbocycles. The molecule has 0 fully saturated rings. The van der Waals surface area contributed by atoms with E-state index in [1.807, 2.05) is 0 Å². The van der Waals surface area contributed by atoms with Gasteiger partial charge in [0.2, 0.25) is 0 Å². The number of aliphatic hydroxyl groups is 2. The van der Waals surface area contributed by atoms with Gasteiger partial charge in [0.1, 0.15) is 17.2 Å². The van der Waals surface area contributed by atoms with E-state index in [9.17, 15) is 25.0 Å². The van der Waals surface area contributed by atoms with Gasteiger partial charge in [0.25, 0.3) is 0 Å². The SMILES string of the molecule is CC(CC(O)(O)c1ccc(O)cc1OP(=O)(O)O)c1ccc(O)cc1. The summed E-state index contributed by atoms with van der Waals surface area (Å²) in [5.74, 6) is -3.65. The highest BCUT2D eigenvalue weighted by Crippen LogP contribution is 2.44. The normalized spacial score (nSPS) is 13.5. The first-order chi connectivity index (χ1) is 11.5. The van der Waals surface area contributed by atoms with E-state index in [-0.39, 0.29) is 29.4 Å². The molecule has 2 aromatic carbocycles. The fourth-order valence-corrected chi connectivity index (χ4v) is 2.91. The van der Waals surface area contributed by atoms with Crippen molar-refractivity contribution >= 4 is 7.82 Å². The van der Waals surface area contributed by atoms with Crippen molar-refractivity contribution in [3.8, 4) is 17.2 Å². The fraction of sp³-hybridized carbons (Fsp3) is 0.250. The zero-order chi connectivity index (χ0) is 18.8. The van der Waals surface area contributed by atoms with E-state index < -0.39 is 19.4 Å². The van der Waals surface area contributed by atoms with Crippen molar-refractivity contribution in [2.75, 3.05) is 0 Å². The van der Waals surface area contributed by atoms with Crippen LogP contribution in [0.3, 0.4) is 0 Å². The first-order valence-corrected chi connectivity index (χ1v) is 8.83. The van der Waals surface area contributed by atoms with Gasteiger partial charge < -0.3 is 24.9 Å². The number of benzene rings is 2. The van der Waals surface area contributed by atoms with Gasteiger partial charge in [-0.05, 0) is 35.7 Å². The number of hydrogen-bond acceptors (Lipinski definition) is 6. The van der Waals surface area contributed by atoms with Crippen molar-refractivity contribution in [2.24, 2.45) is 0 Å². The monoisotopic (exact) mass is 370 g/mol. The molecule has 0 aliphatic rings. The third kappa shape index (κ3) is 5.19. The second-order valence-electron chi connectivity index (χ2n) is 5.78. The van der Waals surface area contributed by atoms with Crippen LogP contribution in [0.5, 0.6) is 17.2 Å². The molecule has 136 valence electrons. The predicted octanol–water partition coefficient (Wildman–Crippen LogP) is 1.90. The minimum absolute atomic E-state index is 0.0751. The highest BCUT2D eigenvalue weighted by atomic mass is 31.2. The van der Waals surface area contributed by atoms with Crippen LogP contribution < -0.4 is 4.52 Å². The van der Waals surface area contributed by atoms with Gasteiger partial charge in [-0.3, -0.25) is 9.79 Å². The number of rotatable bonds is 6. The summed E-state index contributed by atoms with van der Waals surface area (Å²) in [6.45, 7) is 1.72. The lowest BCUT2D eigenvalue weighted by Gasteiger charge is -2.27. The zero-order valence-corrected chi connectivity index (χ0v) is 14.2. The van der Waals surface area contributed by atoms with E-state index in [1.165, 1.54) is 12.1 Å². The third-order valence-electron chi connectivity index (χ3n) is 3.67. The van der Waals surface area contributed by atoms with E-state index in [1.54, 1.807) is 19.1 Å². The van der Waals surface area contributed by atoms with Gasteiger partial charge in [-0.1, -0.05) is 19.1 Å². The van der Waals surface area contributed by atoms with Gasteiger partial charge in [0, 0.05) is 12.5 Å². The molecule has 0 bridgehead atoms. The van der Waals surface area contributed by atoms with Crippen LogP contribution in [0.1, 0.15) is 30.4 Å². The van der Waals surface area contributed by atoms with Crippen LogP contribution in [0.15, 0.2) is 42.5 Å². The summed E-state index contributed by atoms with van der Waals surface area (Å²) in [6, 6.07) is 9.33. The average molecular weight is 370 g/mol. The molecule has 0 saturated heterocycles. The van der Waals surface area contributed by atoms with Crippen LogP contribution in [0, 0.1) is 0 Å². The molecule has 1 atom stereocenters. The number of phosphoric acid groups is 1. The summed E-state index contributed by atoms with van der Waals surface area (Å²) in [7, 11) is -4.96. The molecular formula is C16H19O8P. The topological polar surface area (TPSA) is 148 Å². The molecule has 8 nitrogen and oxygen atoms in total. The quantitative estimate of drug-likeness (QED) is 0.334. The number of phosphoric ester groups is 1. The van der Waals surface area contributed by atoms with Crippen LogP contribution in [0.4, 0.5) is 0 Å². The van der Waals surface area contributed by atoms with Gasteiger partial charge in [-0.2, -0.15) is 0 Å². The van der Waals surface area contributed by atoms with Gasteiger partial charge in [-0.15, -0.1) is 0 Å². The van der Waals surface area contributed by atoms with Crippen LogP contribution >= 0.6 is 7.82 Å². The van der Waals surface area contributed by atoms with E-state index in [2.05, 4.69) is 4.52 Å². The van der Waals surface area contributed by atoms with Gasteiger partial charge in [0.05, 0.1) is 5.56 Å². The molecule has 0 amide bonds. The van der Waals surface area contributed by atoms with E-state index in [0.29, 0.717) is 0 Å². The molecule has 9 heteroatoms. The summed E-state index contributed by atoms with van der Waals surface area (Å²) in [4.78, 5) is 17.9. The summed E-state index contributed by atoms with van der Waals surface area (Å²) < 4.78 is 15.5. The Morgan fingerprint density at radius 2 is 1.60 bits per heavy atom. The lowest BCUT2D eigenvalue weighted by Crippen LogP contribution is -2.27. The lowest BCUT2D eigenvalue weighted by molar-refractivity contribution is -0.178. The summed E-state index contributed by atoms with van der Waals surface area (Å²) in [5.41, 5.74) is 0.431. The van der Waals surface area contributed by atoms with Crippen LogP contribution in [-0.4, -0.2) is 30.2 Å². The van der Waals surface area contributed by atoms with Crippen molar-refractivity contribution in [3.63, 3.8) is 0 Å². The maximum atomic E-state index is 11.1. The van der Waals surface area contributed by atoms with Gasteiger partial charge >= 0.3 is 7.82 Å². The maximum Gasteiger partial charge on any atom is 0.524 e. The first-order valence-electron chi connectivity index (χ1n) is 7.30. The minimum Gasteiger partial charge on any atom is -0.508 e. The lowest BCUT2D eigenvalue weighted by atomic mass is 9.89. The van der Waals surface area contributed by atoms with Gasteiger partial charge in [0.15, 0.2) is 5.79 Å². The zero-order valence-electron chi connectivity index (χ0n) is 13.3. The van der Waals surface area contributed by atoms with E-state index in [0.717, 1.165) is 23.8 Å². The molecule has 2 rings (SSSR count). The second kappa shape index (κ2) is 7.03. The van der Waals surface area contributed by atoms with Crippen LogP contribution in [0.25, 0.3) is 0 Å². The molecular weight excluding hydrogens is 351 g/mol. The smallest absolute Gasteiger partial charge is 0.508 e. The van der Waals surface area contributed by atoms with Crippen molar-refractivity contribution < 1.29 is 39.3 Å². The molecule has 2 aromatic rings. The molecule has 25 heavy (non-hydrogen) atoms. The molecule has 0 heterocycles. The Morgan fingerprint density at radius 1 is 1.04 bits per heavy atom. The molecule has 0 aliphatic heterocycles. The molecule has 0 saturated carbocycles. The van der Waals surface area contributed by atoms with Crippen molar-refractivity contribution in [1.82, 2.24) is 0 Å². The highest BCUT2D eigenvalue weighted by molar-refractivity contribution is 7.46. The molecule has 0 aromatic heterocycles. The predicted molar refractivity (Wildman–Crippen MR) is 88.0 cm³/mol. The number of aromatic hydroxyl groups is 2. The fourth-order valence-electron chi connectivity index (χ4n) is 2.50. The Labute approximate surface area is 143 Å². The summed E-state index contributed by atoms with van der Waals surface area (Å²) in [6.07, 6.45) is -0.222.